The van der Waals surface area contributed by atoms with Crippen molar-refractivity contribution < 1.29 is 14.7 Å². The molecule has 142 valence electrons. The minimum Gasteiger partial charge on any atom is -0.530 e. The molecule has 1 aromatic carbocycles. The second-order valence-electron chi connectivity index (χ2n) is 8.23. The molecule has 0 radical (unpaired) electrons. The number of para-hydroxylation sites is 1. The molecular weight excluding hydrogens is 328 g/mol. The van der Waals surface area contributed by atoms with Crippen molar-refractivity contribution in [3.63, 3.8) is 0 Å². The van der Waals surface area contributed by atoms with E-state index in [0.29, 0.717) is 13.0 Å². The number of hydrogen-bond acceptors (Lipinski definition) is 3. The van der Waals surface area contributed by atoms with Gasteiger partial charge in [-0.1, -0.05) is 38.1 Å². The van der Waals surface area contributed by atoms with Crippen LogP contribution < -0.4 is 10.0 Å². The Morgan fingerprint density at radius 2 is 1.92 bits per heavy atom. The molecule has 1 heterocycles. The van der Waals surface area contributed by atoms with Gasteiger partial charge >= 0.3 is 0 Å². The Bertz CT molecular complexity index is 689. The van der Waals surface area contributed by atoms with Crippen molar-refractivity contribution >= 4 is 17.7 Å². The topological polar surface area (TPSA) is 63.7 Å². The summed E-state index contributed by atoms with van der Waals surface area (Å²) in [6.07, 6.45) is 3.48. The molecule has 0 bridgehead atoms. The molecule has 1 atom stereocenters. The lowest BCUT2D eigenvalue weighted by molar-refractivity contribution is -0.272. The zero-order valence-corrected chi connectivity index (χ0v) is 16.4. The molecule has 0 saturated heterocycles. The second kappa shape index (κ2) is 7.94. The van der Waals surface area contributed by atoms with Crippen LogP contribution in [0.4, 0.5) is 10.5 Å². The number of benzene rings is 1. The number of anilines is 1. The standard InChI is InChI=1S/C21H30N2O3/c1-15(2)14-17(23(20(25)26)21(3,4)5)10-11-19(24)22-13-12-16-8-6-7-9-18(16)22/h6-11,15,17H,12-14H2,1-5H3,(H,25,26)/p-1/b11-10+/t17-/m1/s1. The molecule has 5 heteroatoms. The van der Waals surface area contributed by atoms with Gasteiger partial charge in [0.2, 0.25) is 0 Å². The molecule has 0 saturated carbocycles. The minimum atomic E-state index is -1.22. The summed E-state index contributed by atoms with van der Waals surface area (Å²) in [5, 5.41) is 11.7. The van der Waals surface area contributed by atoms with Crippen LogP contribution in [-0.2, 0) is 11.2 Å². The lowest BCUT2D eigenvalue weighted by Crippen LogP contribution is -2.56. The van der Waals surface area contributed by atoms with E-state index in [1.807, 2.05) is 58.9 Å². The van der Waals surface area contributed by atoms with E-state index >= 15 is 0 Å². The Labute approximate surface area is 156 Å². The first kappa shape index (κ1) is 20.0. The van der Waals surface area contributed by atoms with E-state index in [0.717, 1.165) is 12.1 Å². The van der Waals surface area contributed by atoms with Crippen LogP contribution in [0.5, 0.6) is 0 Å². The third kappa shape index (κ3) is 4.65. The maximum atomic E-state index is 12.7. The Morgan fingerprint density at radius 3 is 2.50 bits per heavy atom. The zero-order valence-electron chi connectivity index (χ0n) is 16.4. The predicted molar refractivity (Wildman–Crippen MR) is 102 cm³/mol. The third-order valence-electron chi connectivity index (χ3n) is 4.58. The first-order chi connectivity index (χ1) is 12.1. The average molecular weight is 357 g/mol. The van der Waals surface area contributed by atoms with Gasteiger partial charge in [-0.2, -0.15) is 0 Å². The van der Waals surface area contributed by atoms with Crippen LogP contribution in [0.3, 0.4) is 0 Å². The van der Waals surface area contributed by atoms with Gasteiger partial charge in [0.05, 0.1) is 0 Å². The van der Waals surface area contributed by atoms with Crippen molar-refractivity contribution in [2.45, 2.75) is 59.0 Å². The van der Waals surface area contributed by atoms with Gasteiger partial charge in [0.15, 0.2) is 0 Å². The minimum absolute atomic E-state index is 0.115. The number of fused-ring (bicyclic) bond motifs is 1. The zero-order chi connectivity index (χ0) is 19.5. The van der Waals surface area contributed by atoms with Crippen LogP contribution in [0, 0.1) is 5.92 Å². The summed E-state index contributed by atoms with van der Waals surface area (Å²) >= 11 is 0. The van der Waals surface area contributed by atoms with Gasteiger partial charge in [-0.3, -0.25) is 4.79 Å². The number of carbonyl (C=O) groups is 2. The second-order valence-corrected chi connectivity index (χ2v) is 8.23. The molecule has 2 amide bonds. The monoisotopic (exact) mass is 357 g/mol. The summed E-state index contributed by atoms with van der Waals surface area (Å²) in [6, 6.07) is 7.48. The molecule has 0 spiro atoms. The predicted octanol–water partition coefficient (Wildman–Crippen LogP) is 2.99. The van der Waals surface area contributed by atoms with Crippen LogP contribution in [0.2, 0.25) is 0 Å². The van der Waals surface area contributed by atoms with Gasteiger partial charge in [-0.05, 0) is 51.2 Å². The van der Waals surface area contributed by atoms with E-state index in [-0.39, 0.29) is 11.8 Å². The van der Waals surface area contributed by atoms with Gasteiger partial charge in [-0.15, -0.1) is 0 Å². The van der Waals surface area contributed by atoms with Crippen molar-refractivity contribution in [2.75, 3.05) is 11.4 Å². The largest absolute Gasteiger partial charge is 0.530 e. The average Bonchev–Trinajstić information content (AvgIpc) is 2.94. The van der Waals surface area contributed by atoms with Crippen molar-refractivity contribution in [1.82, 2.24) is 4.90 Å². The number of hydrogen-bond donors (Lipinski definition) is 0. The molecule has 0 unspecified atom stereocenters. The normalized spacial score (nSPS) is 15.4. The third-order valence-corrected chi connectivity index (χ3v) is 4.58. The number of nitrogens with zero attached hydrogens (tertiary/aromatic N) is 2. The SMILES string of the molecule is CC(C)C[C@@H](/C=C/C(=O)N1CCc2ccccc21)N(C(=O)[O-])C(C)(C)C. The van der Waals surface area contributed by atoms with E-state index in [1.165, 1.54) is 16.5 Å². The molecule has 0 N–H and O–H groups in total. The fraction of sp³-hybridized carbons (Fsp3) is 0.524. The maximum Gasteiger partial charge on any atom is 0.250 e. The number of carboxylic acid groups (broad SMARTS) is 1. The number of carbonyl (C=O) groups excluding carboxylic acids is 2. The Kier molecular flexibility index (Phi) is 6.11. The van der Waals surface area contributed by atoms with E-state index in [9.17, 15) is 14.7 Å². The van der Waals surface area contributed by atoms with Crippen molar-refractivity contribution in [3.05, 3.63) is 42.0 Å². The molecule has 1 aliphatic heterocycles. The summed E-state index contributed by atoms with van der Waals surface area (Å²) in [7, 11) is 0. The highest BCUT2D eigenvalue weighted by atomic mass is 16.4. The van der Waals surface area contributed by atoms with Gasteiger partial charge in [-0.25, -0.2) is 0 Å². The molecule has 5 nitrogen and oxygen atoms in total. The number of amides is 2. The lowest BCUT2D eigenvalue weighted by atomic mass is 9.96. The molecule has 1 aliphatic rings. The van der Waals surface area contributed by atoms with Crippen molar-refractivity contribution in [2.24, 2.45) is 5.92 Å². The van der Waals surface area contributed by atoms with Crippen molar-refractivity contribution in [3.8, 4) is 0 Å². The maximum absolute atomic E-state index is 12.7. The molecule has 26 heavy (non-hydrogen) atoms. The highest BCUT2D eigenvalue weighted by Gasteiger charge is 2.29. The van der Waals surface area contributed by atoms with E-state index in [4.69, 9.17) is 0 Å². The Balaban J connectivity index is 2.22. The smallest absolute Gasteiger partial charge is 0.250 e. The molecule has 1 aromatic rings. The summed E-state index contributed by atoms with van der Waals surface area (Å²) in [4.78, 5) is 27.5. The van der Waals surface area contributed by atoms with Crippen LogP contribution in [-0.4, -0.2) is 35.0 Å². The van der Waals surface area contributed by atoms with Gasteiger partial charge < -0.3 is 19.7 Å². The van der Waals surface area contributed by atoms with Crippen molar-refractivity contribution in [1.29, 1.82) is 0 Å². The molecule has 0 fully saturated rings. The Morgan fingerprint density at radius 1 is 1.27 bits per heavy atom. The summed E-state index contributed by atoms with van der Waals surface area (Å²) in [5.41, 5.74) is 1.50. The van der Waals surface area contributed by atoms with Gasteiger partial charge in [0.1, 0.15) is 6.09 Å². The van der Waals surface area contributed by atoms with Gasteiger partial charge in [0, 0.05) is 29.9 Å². The first-order valence-corrected chi connectivity index (χ1v) is 9.19. The number of rotatable bonds is 5. The quantitative estimate of drug-likeness (QED) is 0.761. The Hall–Kier alpha value is -2.30. The van der Waals surface area contributed by atoms with E-state index in [1.54, 1.807) is 11.0 Å². The summed E-state index contributed by atoms with van der Waals surface area (Å²) < 4.78 is 0. The van der Waals surface area contributed by atoms with E-state index < -0.39 is 17.7 Å². The van der Waals surface area contributed by atoms with Crippen LogP contribution in [0.25, 0.3) is 0 Å². The van der Waals surface area contributed by atoms with Crippen LogP contribution in [0.1, 0.15) is 46.6 Å². The van der Waals surface area contributed by atoms with E-state index in [2.05, 4.69) is 0 Å². The molecule has 0 aliphatic carbocycles. The molecule has 0 aromatic heterocycles. The lowest BCUT2D eigenvalue weighted by Gasteiger charge is -2.43. The summed E-state index contributed by atoms with van der Waals surface area (Å²) in [5.74, 6) is 0.173. The highest BCUT2D eigenvalue weighted by molar-refractivity contribution is 6.02. The van der Waals surface area contributed by atoms with Gasteiger partial charge in [0.25, 0.3) is 5.91 Å². The van der Waals surface area contributed by atoms with Crippen LogP contribution in [0.15, 0.2) is 36.4 Å². The highest BCUT2D eigenvalue weighted by Crippen LogP contribution is 2.28. The molecule has 2 rings (SSSR count). The fourth-order valence-corrected chi connectivity index (χ4v) is 3.51. The fourth-order valence-electron chi connectivity index (χ4n) is 3.51. The molecular formula is C21H29N2O3-. The summed E-state index contributed by atoms with van der Waals surface area (Å²) in [6.45, 7) is 10.2. The first-order valence-electron chi connectivity index (χ1n) is 9.19. The van der Waals surface area contributed by atoms with Crippen LogP contribution >= 0.6 is 0 Å².